The molecular formula is C27H37N3O4S. The lowest BCUT2D eigenvalue weighted by Gasteiger charge is -2.32. The standard InChI is InChI=1S/C27H37N3O4S/c1-19-10-13-23(14-11-19)17-29(22(4)27(32)28-24-8-6-7-9-24)26(31)18-30(35(5,33)34)25-15-12-20(2)16-21(25)3/h10-16,22,24H,6-9,17-18H2,1-5H3,(H,28,32). The summed E-state index contributed by atoms with van der Waals surface area (Å²) in [6.45, 7) is 7.28. The first-order chi connectivity index (χ1) is 16.5. The molecule has 1 fully saturated rings. The van der Waals surface area contributed by atoms with Gasteiger partial charge >= 0.3 is 0 Å². The van der Waals surface area contributed by atoms with E-state index < -0.39 is 22.0 Å². The van der Waals surface area contributed by atoms with Crippen molar-refractivity contribution in [2.24, 2.45) is 0 Å². The van der Waals surface area contributed by atoms with Crippen molar-refractivity contribution in [2.75, 3.05) is 17.1 Å². The molecule has 1 aliphatic rings. The Kier molecular flexibility index (Phi) is 8.59. The Morgan fingerprint density at radius 1 is 1.00 bits per heavy atom. The first kappa shape index (κ1) is 26.7. The predicted octanol–water partition coefficient (Wildman–Crippen LogP) is 3.85. The van der Waals surface area contributed by atoms with Crippen LogP contribution in [0.2, 0.25) is 0 Å². The van der Waals surface area contributed by atoms with Crippen molar-refractivity contribution < 1.29 is 18.0 Å². The van der Waals surface area contributed by atoms with Gasteiger partial charge in [0.1, 0.15) is 12.6 Å². The van der Waals surface area contributed by atoms with Gasteiger partial charge < -0.3 is 10.2 Å². The van der Waals surface area contributed by atoms with Gasteiger partial charge in [0.25, 0.3) is 0 Å². The summed E-state index contributed by atoms with van der Waals surface area (Å²) in [7, 11) is -3.74. The van der Waals surface area contributed by atoms with Crippen LogP contribution in [-0.2, 0) is 26.2 Å². The molecular weight excluding hydrogens is 462 g/mol. The fourth-order valence-electron chi connectivity index (χ4n) is 4.54. The minimum absolute atomic E-state index is 0.129. The maximum Gasteiger partial charge on any atom is 0.244 e. The molecule has 0 radical (unpaired) electrons. The van der Waals surface area contributed by atoms with Gasteiger partial charge in [0, 0.05) is 12.6 Å². The molecule has 190 valence electrons. The van der Waals surface area contributed by atoms with Crippen molar-refractivity contribution in [2.45, 2.75) is 72.0 Å². The third-order valence-corrected chi connectivity index (χ3v) is 7.77. The number of hydrogen-bond donors (Lipinski definition) is 1. The molecule has 8 heteroatoms. The highest BCUT2D eigenvalue weighted by molar-refractivity contribution is 7.92. The van der Waals surface area contributed by atoms with Crippen LogP contribution in [0.3, 0.4) is 0 Å². The summed E-state index contributed by atoms with van der Waals surface area (Å²) in [4.78, 5) is 28.2. The average Bonchev–Trinajstić information content (AvgIpc) is 3.29. The molecule has 0 bridgehead atoms. The van der Waals surface area contributed by atoms with E-state index in [0.29, 0.717) is 5.69 Å². The Labute approximate surface area is 209 Å². The Morgan fingerprint density at radius 2 is 1.60 bits per heavy atom. The third kappa shape index (κ3) is 7.07. The highest BCUT2D eigenvalue weighted by atomic mass is 32.2. The maximum absolute atomic E-state index is 13.6. The second-order valence-corrected chi connectivity index (χ2v) is 11.6. The van der Waals surface area contributed by atoms with Gasteiger partial charge in [-0.2, -0.15) is 0 Å². The van der Waals surface area contributed by atoms with Crippen molar-refractivity contribution in [3.63, 3.8) is 0 Å². The number of anilines is 1. The molecule has 0 spiro atoms. The van der Waals surface area contributed by atoms with E-state index in [4.69, 9.17) is 0 Å². The van der Waals surface area contributed by atoms with Crippen LogP contribution in [0.25, 0.3) is 0 Å². The van der Waals surface area contributed by atoms with E-state index >= 15 is 0 Å². The lowest BCUT2D eigenvalue weighted by Crippen LogP contribution is -2.52. The lowest BCUT2D eigenvalue weighted by molar-refractivity contribution is -0.139. The number of carbonyl (C=O) groups excluding carboxylic acids is 2. The monoisotopic (exact) mass is 499 g/mol. The zero-order valence-corrected chi connectivity index (χ0v) is 22.2. The van der Waals surface area contributed by atoms with Crippen LogP contribution >= 0.6 is 0 Å². The Morgan fingerprint density at radius 3 is 2.17 bits per heavy atom. The van der Waals surface area contributed by atoms with Crippen molar-refractivity contribution in [3.05, 3.63) is 64.7 Å². The van der Waals surface area contributed by atoms with Gasteiger partial charge in [-0.1, -0.05) is 60.4 Å². The molecule has 2 aromatic rings. The van der Waals surface area contributed by atoms with Crippen molar-refractivity contribution in [1.82, 2.24) is 10.2 Å². The lowest BCUT2D eigenvalue weighted by atomic mass is 10.1. The number of benzene rings is 2. The molecule has 2 amide bonds. The normalized spacial score (nSPS) is 15.0. The SMILES string of the molecule is Cc1ccc(CN(C(=O)CN(c2ccc(C)cc2C)S(C)(=O)=O)C(C)C(=O)NC2CCCC2)cc1. The minimum atomic E-state index is -3.74. The third-order valence-electron chi connectivity index (χ3n) is 6.64. The highest BCUT2D eigenvalue weighted by Crippen LogP contribution is 2.24. The second kappa shape index (κ2) is 11.2. The number of aryl methyl sites for hydroxylation is 3. The molecule has 0 saturated heterocycles. The van der Waals surface area contributed by atoms with E-state index in [1.54, 1.807) is 13.0 Å². The minimum Gasteiger partial charge on any atom is -0.352 e. The number of amides is 2. The average molecular weight is 500 g/mol. The van der Waals surface area contributed by atoms with Gasteiger partial charge in [0.05, 0.1) is 11.9 Å². The highest BCUT2D eigenvalue weighted by Gasteiger charge is 2.31. The first-order valence-electron chi connectivity index (χ1n) is 12.2. The molecule has 35 heavy (non-hydrogen) atoms. The second-order valence-electron chi connectivity index (χ2n) is 9.73. The fraction of sp³-hybridized carbons (Fsp3) is 0.481. The van der Waals surface area contributed by atoms with E-state index in [-0.39, 0.29) is 25.0 Å². The van der Waals surface area contributed by atoms with E-state index in [9.17, 15) is 18.0 Å². The predicted molar refractivity (Wildman–Crippen MR) is 140 cm³/mol. The summed E-state index contributed by atoms with van der Waals surface area (Å²) in [6, 6.07) is 12.6. The summed E-state index contributed by atoms with van der Waals surface area (Å²) in [5.74, 6) is -0.639. The smallest absolute Gasteiger partial charge is 0.244 e. The van der Waals surface area contributed by atoms with E-state index in [1.807, 2.05) is 57.2 Å². The molecule has 2 aromatic carbocycles. The van der Waals surface area contributed by atoms with Crippen LogP contribution in [0.4, 0.5) is 5.69 Å². The number of carbonyl (C=O) groups is 2. The zero-order valence-electron chi connectivity index (χ0n) is 21.4. The summed E-state index contributed by atoms with van der Waals surface area (Å²) < 4.78 is 26.6. The van der Waals surface area contributed by atoms with Crippen LogP contribution in [-0.4, -0.2) is 50.0 Å². The Balaban J connectivity index is 1.89. The van der Waals surface area contributed by atoms with Crippen LogP contribution in [0.1, 0.15) is 54.9 Å². The molecule has 1 N–H and O–H groups in total. The molecule has 1 unspecified atom stereocenters. The molecule has 1 saturated carbocycles. The van der Waals surface area contributed by atoms with Gasteiger partial charge in [-0.25, -0.2) is 8.42 Å². The van der Waals surface area contributed by atoms with Gasteiger partial charge in [0.2, 0.25) is 21.8 Å². The molecule has 7 nitrogen and oxygen atoms in total. The summed E-state index contributed by atoms with van der Waals surface area (Å²) in [6.07, 6.45) is 5.16. The summed E-state index contributed by atoms with van der Waals surface area (Å²) >= 11 is 0. The van der Waals surface area contributed by atoms with Gasteiger partial charge in [0.15, 0.2) is 0 Å². The van der Waals surface area contributed by atoms with Crippen LogP contribution in [0.15, 0.2) is 42.5 Å². The van der Waals surface area contributed by atoms with Gasteiger partial charge in [-0.3, -0.25) is 13.9 Å². The quantitative estimate of drug-likeness (QED) is 0.568. The maximum atomic E-state index is 13.6. The van der Waals surface area contributed by atoms with Crippen LogP contribution in [0, 0.1) is 20.8 Å². The fourth-order valence-corrected chi connectivity index (χ4v) is 5.45. The van der Waals surface area contributed by atoms with Crippen molar-refractivity contribution >= 4 is 27.5 Å². The summed E-state index contributed by atoms with van der Waals surface area (Å²) in [5, 5.41) is 3.07. The molecule has 0 aliphatic heterocycles. The topological polar surface area (TPSA) is 86.8 Å². The number of hydrogen-bond acceptors (Lipinski definition) is 4. The Hall–Kier alpha value is -2.87. The van der Waals surface area contributed by atoms with Crippen LogP contribution < -0.4 is 9.62 Å². The number of rotatable bonds is 9. The summed E-state index contributed by atoms with van der Waals surface area (Å²) in [5.41, 5.74) is 4.20. The molecule has 1 aliphatic carbocycles. The Bertz CT molecular complexity index is 1160. The molecule has 3 rings (SSSR count). The van der Waals surface area contributed by atoms with Gasteiger partial charge in [-0.15, -0.1) is 0 Å². The van der Waals surface area contributed by atoms with Crippen molar-refractivity contribution in [3.8, 4) is 0 Å². The molecule has 0 aromatic heterocycles. The molecule has 0 heterocycles. The zero-order chi connectivity index (χ0) is 25.8. The van der Waals surface area contributed by atoms with E-state index in [1.165, 1.54) is 4.90 Å². The molecule has 1 atom stereocenters. The number of nitrogens with zero attached hydrogens (tertiary/aromatic N) is 2. The van der Waals surface area contributed by atoms with Crippen LogP contribution in [0.5, 0.6) is 0 Å². The van der Waals surface area contributed by atoms with E-state index in [0.717, 1.165) is 58.5 Å². The van der Waals surface area contributed by atoms with Gasteiger partial charge in [-0.05, 0) is 57.7 Å². The largest absolute Gasteiger partial charge is 0.352 e. The van der Waals surface area contributed by atoms with E-state index in [2.05, 4.69) is 5.32 Å². The van der Waals surface area contributed by atoms with Crippen molar-refractivity contribution in [1.29, 1.82) is 0 Å². The first-order valence-corrected chi connectivity index (χ1v) is 14.0. The number of nitrogens with one attached hydrogen (secondary N) is 1. The number of sulfonamides is 1.